The van der Waals surface area contributed by atoms with E-state index in [0.717, 1.165) is 28.1 Å². The summed E-state index contributed by atoms with van der Waals surface area (Å²) in [5, 5.41) is 11.0. The molecule has 0 bridgehead atoms. The smallest absolute Gasteiger partial charge is 0.222 e. The molecule has 0 aromatic carbocycles. The highest BCUT2D eigenvalue weighted by Gasteiger charge is 2.13. The Labute approximate surface area is 137 Å². The number of anilines is 1. The van der Waals surface area contributed by atoms with E-state index in [1.54, 1.807) is 6.20 Å². The molecule has 0 unspecified atom stereocenters. The van der Waals surface area contributed by atoms with Gasteiger partial charge in [-0.3, -0.25) is 0 Å². The standard InChI is InChI=1S/C18H22N4O/c1-5-23-18-14(7-6-8-20-18)16-9-15(21-11-12(2)3)13(4)17(10-19)22-16/h6-10,19H,2,5,11H2,1,3-4H3,(H,21,22). The maximum atomic E-state index is 7.61. The van der Waals surface area contributed by atoms with Crippen molar-refractivity contribution in [2.75, 3.05) is 18.5 Å². The van der Waals surface area contributed by atoms with Crippen LogP contribution in [0.4, 0.5) is 5.69 Å². The van der Waals surface area contributed by atoms with E-state index in [4.69, 9.17) is 10.1 Å². The van der Waals surface area contributed by atoms with Crippen molar-refractivity contribution in [3.63, 3.8) is 0 Å². The molecular formula is C18H22N4O. The average Bonchev–Trinajstić information content (AvgIpc) is 2.54. The summed E-state index contributed by atoms with van der Waals surface area (Å²) in [5.41, 5.74) is 5.08. The minimum atomic E-state index is 0.536. The van der Waals surface area contributed by atoms with Gasteiger partial charge in [0.25, 0.3) is 0 Å². The second kappa shape index (κ2) is 7.54. The topological polar surface area (TPSA) is 70.9 Å². The number of ether oxygens (including phenoxy) is 1. The normalized spacial score (nSPS) is 10.2. The van der Waals surface area contributed by atoms with Crippen LogP contribution in [0, 0.1) is 12.3 Å². The van der Waals surface area contributed by atoms with Crippen LogP contribution in [0.25, 0.3) is 11.3 Å². The van der Waals surface area contributed by atoms with E-state index < -0.39 is 0 Å². The molecule has 0 saturated heterocycles. The van der Waals surface area contributed by atoms with E-state index in [-0.39, 0.29) is 0 Å². The molecule has 5 nitrogen and oxygen atoms in total. The SMILES string of the molecule is C=C(C)CNc1cc(-c2cccnc2OCC)nc(C=N)c1C. The van der Waals surface area contributed by atoms with Crippen LogP contribution in [0.5, 0.6) is 5.88 Å². The Morgan fingerprint density at radius 1 is 1.48 bits per heavy atom. The van der Waals surface area contributed by atoms with Gasteiger partial charge in [-0.1, -0.05) is 12.2 Å². The molecule has 0 atom stereocenters. The third kappa shape index (κ3) is 3.94. The van der Waals surface area contributed by atoms with E-state index in [2.05, 4.69) is 21.9 Å². The van der Waals surface area contributed by atoms with Crippen molar-refractivity contribution in [1.29, 1.82) is 5.41 Å². The largest absolute Gasteiger partial charge is 0.477 e. The molecule has 120 valence electrons. The molecule has 2 aromatic heterocycles. The van der Waals surface area contributed by atoms with E-state index in [1.165, 1.54) is 6.21 Å². The fraction of sp³-hybridized carbons (Fsp3) is 0.278. The monoisotopic (exact) mass is 310 g/mol. The number of rotatable bonds is 7. The second-order valence-electron chi connectivity index (χ2n) is 5.31. The summed E-state index contributed by atoms with van der Waals surface area (Å²) >= 11 is 0. The van der Waals surface area contributed by atoms with Gasteiger partial charge in [0.2, 0.25) is 5.88 Å². The van der Waals surface area contributed by atoms with Gasteiger partial charge in [-0.05, 0) is 44.5 Å². The van der Waals surface area contributed by atoms with Gasteiger partial charge in [-0.15, -0.1) is 0 Å². The number of hydrogen-bond acceptors (Lipinski definition) is 5. The van der Waals surface area contributed by atoms with E-state index in [0.29, 0.717) is 24.7 Å². The number of hydrogen-bond donors (Lipinski definition) is 2. The number of nitrogens with one attached hydrogen (secondary N) is 2. The Hall–Kier alpha value is -2.69. The van der Waals surface area contributed by atoms with Crippen LogP contribution in [0.15, 0.2) is 36.5 Å². The van der Waals surface area contributed by atoms with Crippen molar-refractivity contribution in [2.24, 2.45) is 0 Å². The third-order valence-electron chi connectivity index (χ3n) is 3.36. The minimum Gasteiger partial charge on any atom is -0.477 e. The first-order chi connectivity index (χ1) is 11.1. The molecule has 0 amide bonds. The van der Waals surface area contributed by atoms with E-state index >= 15 is 0 Å². The van der Waals surface area contributed by atoms with Gasteiger partial charge in [0, 0.05) is 24.6 Å². The summed E-state index contributed by atoms with van der Waals surface area (Å²) < 4.78 is 5.59. The summed E-state index contributed by atoms with van der Waals surface area (Å²) in [7, 11) is 0. The maximum Gasteiger partial charge on any atom is 0.222 e. The van der Waals surface area contributed by atoms with Gasteiger partial charge in [0.15, 0.2) is 0 Å². The van der Waals surface area contributed by atoms with Crippen LogP contribution in [0.2, 0.25) is 0 Å². The molecule has 0 aliphatic rings. The van der Waals surface area contributed by atoms with E-state index in [9.17, 15) is 0 Å². The van der Waals surface area contributed by atoms with Gasteiger partial charge < -0.3 is 15.5 Å². The summed E-state index contributed by atoms with van der Waals surface area (Å²) in [4.78, 5) is 8.84. The molecule has 2 heterocycles. The summed E-state index contributed by atoms with van der Waals surface area (Å²) in [6, 6.07) is 5.74. The predicted molar refractivity (Wildman–Crippen MR) is 94.6 cm³/mol. The molecule has 0 saturated carbocycles. The lowest BCUT2D eigenvalue weighted by Gasteiger charge is -2.15. The van der Waals surface area contributed by atoms with Crippen LogP contribution in [-0.4, -0.2) is 29.3 Å². The van der Waals surface area contributed by atoms with Crippen molar-refractivity contribution in [3.05, 3.63) is 47.8 Å². The zero-order valence-corrected chi connectivity index (χ0v) is 13.8. The maximum absolute atomic E-state index is 7.61. The van der Waals surface area contributed by atoms with Crippen LogP contribution in [-0.2, 0) is 0 Å². The minimum absolute atomic E-state index is 0.536. The zero-order valence-electron chi connectivity index (χ0n) is 13.8. The fourth-order valence-corrected chi connectivity index (χ4v) is 2.17. The molecule has 0 spiro atoms. The van der Waals surface area contributed by atoms with Crippen LogP contribution in [0.1, 0.15) is 25.1 Å². The van der Waals surface area contributed by atoms with Crippen molar-refractivity contribution < 1.29 is 4.74 Å². The van der Waals surface area contributed by atoms with E-state index in [1.807, 2.05) is 39.0 Å². The molecule has 23 heavy (non-hydrogen) atoms. The fourth-order valence-electron chi connectivity index (χ4n) is 2.17. The Bertz CT molecular complexity index is 725. The lowest BCUT2D eigenvalue weighted by molar-refractivity contribution is 0.328. The highest BCUT2D eigenvalue weighted by molar-refractivity contribution is 5.83. The van der Waals surface area contributed by atoms with Crippen LogP contribution in [0.3, 0.4) is 0 Å². The van der Waals surface area contributed by atoms with Crippen molar-refractivity contribution in [3.8, 4) is 17.1 Å². The molecule has 0 aliphatic heterocycles. The van der Waals surface area contributed by atoms with Crippen molar-refractivity contribution >= 4 is 11.9 Å². The molecule has 2 aromatic rings. The zero-order chi connectivity index (χ0) is 16.8. The lowest BCUT2D eigenvalue weighted by atomic mass is 10.1. The number of aromatic nitrogens is 2. The van der Waals surface area contributed by atoms with Crippen molar-refractivity contribution in [1.82, 2.24) is 9.97 Å². The number of nitrogens with zero attached hydrogens (tertiary/aromatic N) is 2. The highest BCUT2D eigenvalue weighted by atomic mass is 16.5. The Morgan fingerprint density at radius 2 is 2.26 bits per heavy atom. The van der Waals surface area contributed by atoms with Gasteiger partial charge in [-0.25, -0.2) is 9.97 Å². The predicted octanol–water partition coefficient (Wildman–Crippen LogP) is 3.84. The first kappa shape index (κ1) is 16.7. The third-order valence-corrected chi connectivity index (χ3v) is 3.36. The summed E-state index contributed by atoms with van der Waals surface area (Å²) in [6.07, 6.45) is 2.96. The summed E-state index contributed by atoms with van der Waals surface area (Å²) in [6.45, 7) is 11.0. The Kier molecular flexibility index (Phi) is 5.46. The first-order valence-electron chi connectivity index (χ1n) is 7.55. The average molecular weight is 310 g/mol. The molecule has 2 N–H and O–H groups in total. The molecule has 0 fully saturated rings. The Morgan fingerprint density at radius 3 is 2.91 bits per heavy atom. The highest BCUT2D eigenvalue weighted by Crippen LogP contribution is 2.30. The first-order valence-corrected chi connectivity index (χ1v) is 7.55. The summed E-state index contributed by atoms with van der Waals surface area (Å²) in [5.74, 6) is 0.549. The second-order valence-corrected chi connectivity index (χ2v) is 5.31. The van der Waals surface area contributed by atoms with Gasteiger partial charge >= 0.3 is 0 Å². The quantitative estimate of drug-likeness (QED) is 0.602. The Balaban J connectivity index is 2.52. The van der Waals surface area contributed by atoms with Gasteiger partial charge in [0.05, 0.1) is 23.6 Å². The van der Waals surface area contributed by atoms with Gasteiger partial charge in [-0.2, -0.15) is 0 Å². The van der Waals surface area contributed by atoms with Crippen LogP contribution < -0.4 is 10.1 Å². The molecule has 2 rings (SSSR count). The molecular weight excluding hydrogens is 288 g/mol. The van der Waals surface area contributed by atoms with Crippen molar-refractivity contribution in [2.45, 2.75) is 20.8 Å². The molecule has 0 aliphatic carbocycles. The van der Waals surface area contributed by atoms with Gasteiger partial charge in [0.1, 0.15) is 0 Å². The number of pyridine rings is 2. The lowest BCUT2D eigenvalue weighted by Crippen LogP contribution is -2.07. The molecule has 0 radical (unpaired) electrons. The van der Waals surface area contributed by atoms with Crippen LogP contribution >= 0.6 is 0 Å². The molecule has 5 heteroatoms.